The third-order valence-corrected chi connectivity index (χ3v) is 3.01. The Balaban J connectivity index is 1.90. The van der Waals surface area contributed by atoms with Crippen LogP contribution in [0.2, 0.25) is 0 Å². The van der Waals surface area contributed by atoms with E-state index in [1.165, 1.54) is 5.56 Å². The minimum absolute atomic E-state index is 0.316. The van der Waals surface area contributed by atoms with Gasteiger partial charge in [-0.2, -0.15) is 16.4 Å². The van der Waals surface area contributed by atoms with Gasteiger partial charge in [-0.25, -0.2) is 0 Å². The fraction of sp³-hybridized carbons (Fsp3) is 0.364. The van der Waals surface area contributed by atoms with E-state index >= 15 is 0 Å². The van der Waals surface area contributed by atoms with Crippen molar-refractivity contribution in [2.75, 3.05) is 0 Å². The molecule has 0 bridgehead atoms. The molecule has 2 aromatic rings. The van der Waals surface area contributed by atoms with Gasteiger partial charge in [0.2, 0.25) is 0 Å². The van der Waals surface area contributed by atoms with E-state index in [-0.39, 0.29) is 6.10 Å². The lowest BCUT2D eigenvalue weighted by Crippen LogP contribution is -2.13. The Morgan fingerprint density at radius 3 is 2.87 bits per heavy atom. The van der Waals surface area contributed by atoms with Gasteiger partial charge in [-0.05, 0) is 34.4 Å². The summed E-state index contributed by atoms with van der Waals surface area (Å²) in [5, 5.41) is 18.0. The lowest BCUT2D eigenvalue weighted by molar-refractivity contribution is 0.175. The molecule has 2 aromatic heterocycles. The predicted molar refractivity (Wildman–Crippen MR) is 60.9 cm³/mol. The molecule has 0 aliphatic heterocycles. The maximum atomic E-state index is 9.85. The van der Waals surface area contributed by atoms with Crippen molar-refractivity contribution in [3.05, 3.63) is 40.3 Å². The van der Waals surface area contributed by atoms with Crippen molar-refractivity contribution in [2.24, 2.45) is 7.05 Å². The second-order valence-electron chi connectivity index (χ2n) is 3.72. The molecule has 2 heterocycles. The summed E-state index contributed by atoms with van der Waals surface area (Å²) in [6.45, 7) is 0. The third kappa shape index (κ3) is 2.91. The van der Waals surface area contributed by atoms with Gasteiger partial charge >= 0.3 is 0 Å². The summed E-state index contributed by atoms with van der Waals surface area (Å²) in [5.41, 5.74) is 2.29. The van der Waals surface area contributed by atoms with Crippen molar-refractivity contribution in [1.82, 2.24) is 9.78 Å². The largest absolute Gasteiger partial charge is 0.392 e. The van der Waals surface area contributed by atoms with Gasteiger partial charge in [-0.1, -0.05) is 0 Å². The van der Waals surface area contributed by atoms with Crippen molar-refractivity contribution in [3.63, 3.8) is 0 Å². The van der Waals surface area contributed by atoms with Gasteiger partial charge in [0, 0.05) is 19.7 Å². The van der Waals surface area contributed by atoms with Crippen molar-refractivity contribution in [1.29, 1.82) is 0 Å². The zero-order valence-electron chi connectivity index (χ0n) is 8.63. The van der Waals surface area contributed by atoms with Crippen molar-refractivity contribution >= 4 is 11.3 Å². The number of nitrogens with zero attached hydrogens (tertiary/aromatic N) is 2. The summed E-state index contributed by atoms with van der Waals surface area (Å²) < 4.78 is 1.76. The molecule has 0 spiro atoms. The average molecular weight is 222 g/mol. The first kappa shape index (κ1) is 10.4. The van der Waals surface area contributed by atoms with Crippen LogP contribution in [-0.4, -0.2) is 21.0 Å². The zero-order chi connectivity index (χ0) is 10.7. The maximum Gasteiger partial charge on any atom is 0.0622 e. The van der Waals surface area contributed by atoms with Gasteiger partial charge in [0.05, 0.1) is 12.3 Å². The first-order valence-corrected chi connectivity index (χ1v) is 5.85. The van der Waals surface area contributed by atoms with Crippen molar-refractivity contribution < 1.29 is 5.11 Å². The van der Waals surface area contributed by atoms with E-state index in [4.69, 9.17) is 0 Å². The van der Waals surface area contributed by atoms with E-state index in [0.717, 1.165) is 12.0 Å². The average Bonchev–Trinajstić information content (AvgIpc) is 2.77. The van der Waals surface area contributed by atoms with Gasteiger partial charge in [0.15, 0.2) is 0 Å². The molecular formula is C11H14N2OS. The van der Waals surface area contributed by atoms with Gasteiger partial charge in [0.1, 0.15) is 0 Å². The minimum atomic E-state index is -0.316. The summed E-state index contributed by atoms with van der Waals surface area (Å²) >= 11 is 1.66. The Morgan fingerprint density at radius 2 is 2.27 bits per heavy atom. The molecule has 3 nitrogen and oxygen atoms in total. The lowest BCUT2D eigenvalue weighted by atomic mass is 10.1. The molecule has 0 fully saturated rings. The summed E-state index contributed by atoms with van der Waals surface area (Å²) in [5.74, 6) is 0. The molecular weight excluding hydrogens is 208 g/mol. The molecule has 0 saturated heterocycles. The molecule has 0 amide bonds. The predicted octanol–water partition coefficient (Wildman–Crippen LogP) is 1.63. The Kier molecular flexibility index (Phi) is 3.18. The second kappa shape index (κ2) is 4.59. The molecule has 1 N–H and O–H groups in total. The van der Waals surface area contributed by atoms with E-state index in [2.05, 4.69) is 16.5 Å². The third-order valence-electron chi connectivity index (χ3n) is 2.28. The van der Waals surface area contributed by atoms with Crippen LogP contribution in [0.25, 0.3) is 0 Å². The van der Waals surface area contributed by atoms with Crippen LogP contribution in [0, 0.1) is 0 Å². The highest BCUT2D eigenvalue weighted by Crippen LogP contribution is 2.11. The Morgan fingerprint density at radius 1 is 1.47 bits per heavy atom. The monoisotopic (exact) mass is 222 g/mol. The molecule has 4 heteroatoms. The molecule has 0 aliphatic carbocycles. The Hall–Kier alpha value is -1.13. The first-order valence-electron chi connectivity index (χ1n) is 4.90. The molecule has 15 heavy (non-hydrogen) atoms. The van der Waals surface area contributed by atoms with Crippen LogP contribution in [0.1, 0.15) is 11.1 Å². The Labute approximate surface area is 93.0 Å². The number of thiophene rings is 1. The van der Waals surface area contributed by atoms with Crippen molar-refractivity contribution in [2.45, 2.75) is 18.9 Å². The molecule has 1 atom stereocenters. The van der Waals surface area contributed by atoms with E-state index in [1.807, 2.05) is 18.6 Å². The highest BCUT2D eigenvalue weighted by molar-refractivity contribution is 7.07. The van der Waals surface area contributed by atoms with Gasteiger partial charge in [-0.15, -0.1) is 0 Å². The summed E-state index contributed by atoms with van der Waals surface area (Å²) in [7, 11) is 1.88. The molecule has 2 rings (SSSR count). The number of aromatic nitrogens is 2. The van der Waals surface area contributed by atoms with Gasteiger partial charge < -0.3 is 5.11 Å². The number of rotatable bonds is 4. The fourth-order valence-corrected chi connectivity index (χ4v) is 2.28. The smallest absolute Gasteiger partial charge is 0.0622 e. The fourth-order valence-electron chi connectivity index (χ4n) is 1.60. The number of aryl methyl sites for hydroxylation is 1. The molecule has 0 aromatic carbocycles. The second-order valence-corrected chi connectivity index (χ2v) is 4.50. The zero-order valence-corrected chi connectivity index (χ0v) is 9.44. The minimum Gasteiger partial charge on any atom is -0.392 e. The molecule has 0 radical (unpaired) electrons. The van der Waals surface area contributed by atoms with Gasteiger partial charge in [-0.3, -0.25) is 4.68 Å². The van der Waals surface area contributed by atoms with Crippen LogP contribution in [0.5, 0.6) is 0 Å². The van der Waals surface area contributed by atoms with E-state index in [0.29, 0.717) is 6.42 Å². The molecule has 0 aliphatic rings. The quantitative estimate of drug-likeness (QED) is 0.853. The molecule has 0 saturated carbocycles. The lowest BCUT2D eigenvalue weighted by Gasteiger charge is -2.07. The van der Waals surface area contributed by atoms with E-state index in [9.17, 15) is 5.11 Å². The number of aliphatic hydroxyl groups is 1. The number of hydrogen-bond acceptors (Lipinski definition) is 3. The topological polar surface area (TPSA) is 38.0 Å². The first-order chi connectivity index (χ1) is 7.24. The summed E-state index contributed by atoms with van der Waals surface area (Å²) in [6, 6.07) is 2.05. The van der Waals surface area contributed by atoms with E-state index < -0.39 is 0 Å². The van der Waals surface area contributed by atoms with E-state index in [1.54, 1.807) is 22.2 Å². The number of aliphatic hydroxyl groups excluding tert-OH is 1. The molecule has 80 valence electrons. The summed E-state index contributed by atoms with van der Waals surface area (Å²) in [4.78, 5) is 0. The summed E-state index contributed by atoms with van der Waals surface area (Å²) in [6.07, 6.45) is 4.82. The standard InChI is InChI=1S/C11H14N2OS/c1-13-7-10(6-12-13)5-11(14)4-9-2-3-15-8-9/h2-3,6-8,11,14H,4-5H2,1H3. The highest BCUT2D eigenvalue weighted by Gasteiger charge is 2.08. The number of hydrogen-bond donors (Lipinski definition) is 1. The Bertz CT molecular complexity index is 408. The molecule has 1 unspecified atom stereocenters. The van der Waals surface area contributed by atoms with Gasteiger partial charge in [0.25, 0.3) is 0 Å². The normalized spacial score (nSPS) is 12.9. The van der Waals surface area contributed by atoms with Crippen LogP contribution in [-0.2, 0) is 19.9 Å². The highest BCUT2D eigenvalue weighted by atomic mass is 32.1. The van der Waals surface area contributed by atoms with Crippen LogP contribution in [0.15, 0.2) is 29.2 Å². The SMILES string of the molecule is Cn1cc(CC(O)Cc2ccsc2)cn1. The van der Waals surface area contributed by atoms with Crippen LogP contribution in [0.4, 0.5) is 0 Å². The van der Waals surface area contributed by atoms with Crippen molar-refractivity contribution in [3.8, 4) is 0 Å². The van der Waals surface area contributed by atoms with Crippen LogP contribution < -0.4 is 0 Å². The van der Waals surface area contributed by atoms with Crippen LogP contribution >= 0.6 is 11.3 Å². The van der Waals surface area contributed by atoms with Crippen LogP contribution in [0.3, 0.4) is 0 Å². The maximum absolute atomic E-state index is 9.85.